The van der Waals surface area contributed by atoms with Crippen molar-refractivity contribution >= 4 is 39.8 Å². The van der Waals surface area contributed by atoms with Crippen LogP contribution in [0.15, 0.2) is 54.6 Å². The van der Waals surface area contributed by atoms with Crippen LogP contribution in [-0.2, 0) is 0 Å². The molecule has 0 aliphatic heterocycles. The fourth-order valence-corrected chi connectivity index (χ4v) is 2.27. The van der Waals surface area contributed by atoms with Crippen molar-refractivity contribution in [2.24, 2.45) is 0 Å². The van der Waals surface area contributed by atoms with E-state index < -0.39 is 0 Å². The molecule has 1 aromatic heterocycles. The lowest BCUT2D eigenvalue weighted by Crippen LogP contribution is -2.14. The molecule has 0 saturated heterocycles. The lowest BCUT2D eigenvalue weighted by molar-refractivity contribution is 0.102. The molecular formula is C16H12ClN3O. The number of hydrogen-bond acceptors (Lipinski definition) is 3. The number of nitrogens with two attached hydrogens (primary N) is 1. The van der Waals surface area contributed by atoms with Gasteiger partial charge in [0.2, 0.25) is 0 Å². The SMILES string of the molecule is Nc1cc(C(=O)Nc2cccc(Cl)c2)nc2ccccc12. The average Bonchev–Trinajstić information content (AvgIpc) is 2.47. The lowest BCUT2D eigenvalue weighted by atomic mass is 10.1. The summed E-state index contributed by atoms with van der Waals surface area (Å²) >= 11 is 5.89. The molecule has 21 heavy (non-hydrogen) atoms. The predicted molar refractivity (Wildman–Crippen MR) is 85.6 cm³/mol. The molecule has 3 aromatic rings. The number of para-hydroxylation sites is 1. The van der Waals surface area contributed by atoms with Crippen LogP contribution in [0.25, 0.3) is 10.9 Å². The Morgan fingerprint density at radius 2 is 1.90 bits per heavy atom. The molecule has 104 valence electrons. The topological polar surface area (TPSA) is 68.0 Å². The Morgan fingerprint density at radius 3 is 2.71 bits per heavy atom. The van der Waals surface area contributed by atoms with Crippen molar-refractivity contribution in [1.82, 2.24) is 4.98 Å². The van der Waals surface area contributed by atoms with Gasteiger partial charge in [0.25, 0.3) is 5.91 Å². The largest absolute Gasteiger partial charge is 0.398 e. The number of nitrogens with one attached hydrogen (secondary N) is 1. The summed E-state index contributed by atoms with van der Waals surface area (Å²) in [5.74, 6) is -0.324. The second-order valence-corrected chi connectivity index (χ2v) is 5.01. The van der Waals surface area contributed by atoms with E-state index in [1.165, 1.54) is 0 Å². The zero-order valence-electron chi connectivity index (χ0n) is 11.0. The van der Waals surface area contributed by atoms with Crippen LogP contribution in [-0.4, -0.2) is 10.9 Å². The summed E-state index contributed by atoms with van der Waals surface area (Å²) in [7, 11) is 0. The molecule has 0 saturated carbocycles. The molecule has 0 aliphatic carbocycles. The Balaban J connectivity index is 1.94. The monoisotopic (exact) mass is 297 g/mol. The summed E-state index contributed by atoms with van der Waals surface area (Å²) in [6.07, 6.45) is 0. The van der Waals surface area contributed by atoms with Gasteiger partial charge in [0.05, 0.1) is 5.52 Å². The van der Waals surface area contributed by atoms with Crippen LogP contribution in [0.5, 0.6) is 0 Å². The number of fused-ring (bicyclic) bond motifs is 1. The van der Waals surface area contributed by atoms with Gasteiger partial charge in [0, 0.05) is 21.8 Å². The minimum absolute atomic E-state index is 0.270. The number of benzene rings is 2. The number of aromatic nitrogens is 1. The third-order valence-corrected chi connectivity index (χ3v) is 3.30. The van der Waals surface area contributed by atoms with Gasteiger partial charge in [-0.25, -0.2) is 4.98 Å². The first-order valence-electron chi connectivity index (χ1n) is 6.36. The second-order valence-electron chi connectivity index (χ2n) is 4.58. The van der Waals surface area contributed by atoms with Gasteiger partial charge in [0.15, 0.2) is 0 Å². The van der Waals surface area contributed by atoms with Gasteiger partial charge in [-0.2, -0.15) is 0 Å². The van der Waals surface area contributed by atoms with Crippen molar-refractivity contribution in [2.45, 2.75) is 0 Å². The summed E-state index contributed by atoms with van der Waals surface area (Å²) in [6, 6.07) is 15.9. The maximum atomic E-state index is 12.2. The Bertz CT molecular complexity index is 833. The second kappa shape index (κ2) is 5.42. The Kier molecular flexibility index (Phi) is 3.46. The van der Waals surface area contributed by atoms with Crippen molar-refractivity contribution in [1.29, 1.82) is 0 Å². The molecule has 1 amide bonds. The van der Waals surface area contributed by atoms with E-state index in [0.29, 0.717) is 21.9 Å². The lowest BCUT2D eigenvalue weighted by Gasteiger charge is -2.07. The highest BCUT2D eigenvalue weighted by Gasteiger charge is 2.11. The molecule has 0 unspecified atom stereocenters. The van der Waals surface area contributed by atoms with Gasteiger partial charge in [-0.1, -0.05) is 35.9 Å². The van der Waals surface area contributed by atoms with E-state index in [0.717, 1.165) is 5.39 Å². The Morgan fingerprint density at radius 1 is 1.10 bits per heavy atom. The first-order chi connectivity index (χ1) is 10.1. The first-order valence-corrected chi connectivity index (χ1v) is 6.73. The fraction of sp³-hybridized carbons (Fsp3) is 0. The number of carbonyl (C=O) groups is 1. The number of nitrogen functional groups attached to an aromatic ring is 1. The van der Waals surface area contributed by atoms with Gasteiger partial charge in [-0.3, -0.25) is 4.79 Å². The maximum Gasteiger partial charge on any atom is 0.274 e. The molecule has 5 heteroatoms. The van der Waals surface area contributed by atoms with E-state index in [1.807, 2.05) is 24.3 Å². The number of anilines is 2. The molecule has 3 N–H and O–H groups in total. The number of pyridine rings is 1. The molecule has 4 nitrogen and oxygen atoms in total. The maximum absolute atomic E-state index is 12.2. The van der Waals surface area contributed by atoms with Gasteiger partial charge in [-0.15, -0.1) is 0 Å². The minimum Gasteiger partial charge on any atom is -0.398 e. The molecule has 3 rings (SSSR count). The molecule has 0 bridgehead atoms. The van der Waals surface area contributed by atoms with Crippen molar-refractivity contribution < 1.29 is 4.79 Å². The molecule has 1 heterocycles. The van der Waals surface area contributed by atoms with E-state index in [4.69, 9.17) is 17.3 Å². The van der Waals surface area contributed by atoms with E-state index in [2.05, 4.69) is 10.3 Å². The van der Waals surface area contributed by atoms with Crippen LogP contribution < -0.4 is 11.1 Å². The van der Waals surface area contributed by atoms with E-state index >= 15 is 0 Å². The summed E-state index contributed by atoms with van der Waals surface area (Å²) in [4.78, 5) is 16.6. The molecule has 0 atom stereocenters. The van der Waals surface area contributed by atoms with Crippen LogP contribution in [0.4, 0.5) is 11.4 Å². The average molecular weight is 298 g/mol. The summed E-state index contributed by atoms with van der Waals surface area (Å²) in [6.45, 7) is 0. The smallest absolute Gasteiger partial charge is 0.274 e. The highest BCUT2D eigenvalue weighted by Crippen LogP contribution is 2.21. The number of hydrogen-bond donors (Lipinski definition) is 2. The Hall–Kier alpha value is -2.59. The third-order valence-electron chi connectivity index (χ3n) is 3.06. The number of halogens is 1. The van der Waals surface area contributed by atoms with Gasteiger partial charge < -0.3 is 11.1 Å². The van der Waals surface area contributed by atoms with E-state index in [1.54, 1.807) is 30.3 Å². The van der Waals surface area contributed by atoms with Crippen LogP contribution in [0.1, 0.15) is 10.5 Å². The van der Waals surface area contributed by atoms with Crippen molar-refractivity contribution in [2.75, 3.05) is 11.1 Å². The van der Waals surface area contributed by atoms with Gasteiger partial charge >= 0.3 is 0 Å². The highest BCUT2D eigenvalue weighted by molar-refractivity contribution is 6.31. The normalized spacial score (nSPS) is 10.5. The summed E-state index contributed by atoms with van der Waals surface area (Å²) < 4.78 is 0. The van der Waals surface area contributed by atoms with E-state index in [-0.39, 0.29) is 11.6 Å². The molecule has 0 spiro atoms. The molecule has 0 radical (unpaired) electrons. The molecule has 0 fully saturated rings. The van der Waals surface area contributed by atoms with Crippen LogP contribution in [0, 0.1) is 0 Å². The zero-order valence-corrected chi connectivity index (χ0v) is 11.8. The highest BCUT2D eigenvalue weighted by atomic mass is 35.5. The first kappa shape index (κ1) is 13.4. The summed E-state index contributed by atoms with van der Waals surface area (Å²) in [5, 5.41) is 4.13. The molecular weight excluding hydrogens is 286 g/mol. The van der Waals surface area contributed by atoms with Crippen LogP contribution in [0.3, 0.4) is 0 Å². The van der Waals surface area contributed by atoms with Crippen molar-refractivity contribution in [3.8, 4) is 0 Å². The Labute approximate surface area is 126 Å². The zero-order chi connectivity index (χ0) is 14.8. The summed E-state index contributed by atoms with van der Waals surface area (Å²) in [5.41, 5.74) is 8.07. The fourth-order valence-electron chi connectivity index (χ4n) is 2.08. The van der Waals surface area contributed by atoms with Gasteiger partial charge in [-0.05, 0) is 30.3 Å². The number of nitrogens with zero attached hydrogens (tertiary/aromatic N) is 1. The number of rotatable bonds is 2. The third kappa shape index (κ3) is 2.80. The van der Waals surface area contributed by atoms with Gasteiger partial charge in [0.1, 0.15) is 5.69 Å². The van der Waals surface area contributed by atoms with Crippen molar-refractivity contribution in [3.05, 3.63) is 65.3 Å². The van der Waals surface area contributed by atoms with Crippen molar-refractivity contribution in [3.63, 3.8) is 0 Å². The predicted octanol–water partition coefficient (Wildman–Crippen LogP) is 3.72. The van der Waals surface area contributed by atoms with Crippen LogP contribution >= 0.6 is 11.6 Å². The van der Waals surface area contributed by atoms with Crippen LogP contribution in [0.2, 0.25) is 5.02 Å². The molecule has 0 aliphatic rings. The minimum atomic E-state index is -0.324. The standard InChI is InChI=1S/C16H12ClN3O/c17-10-4-3-5-11(8-10)19-16(21)15-9-13(18)12-6-1-2-7-14(12)20-15/h1-9H,(H2,18,20)(H,19,21). The van der Waals surface area contributed by atoms with E-state index in [9.17, 15) is 4.79 Å². The molecule has 2 aromatic carbocycles. The quantitative estimate of drug-likeness (QED) is 0.757. The number of amides is 1. The number of carbonyl (C=O) groups excluding carboxylic acids is 1.